The minimum atomic E-state index is -0.106. The van der Waals surface area contributed by atoms with Gasteiger partial charge in [-0.3, -0.25) is 14.6 Å². The van der Waals surface area contributed by atoms with Crippen LogP contribution in [0.3, 0.4) is 0 Å². The van der Waals surface area contributed by atoms with Crippen molar-refractivity contribution in [2.24, 2.45) is 5.92 Å². The van der Waals surface area contributed by atoms with Crippen LogP contribution in [-0.4, -0.2) is 43.6 Å². The number of likely N-dealkylation sites (tertiary alicyclic amines) is 1. The van der Waals surface area contributed by atoms with Crippen molar-refractivity contribution in [3.63, 3.8) is 0 Å². The molecule has 0 N–H and O–H groups in total. The third kappa shape index (κ3) is 4.11. The number of fused-ring (bicyclic) bond motifs is 1. The number of aromatic nitrogens is 4. The van der Waals surface area contributed by atoms with Gasteiger partial charge in [-0.25, -0.2) is 9.67 Å². The summed E-state index contributed by atoms with van der Waals surface area (Å²) >= 11 is 1.44. The Morgan fingerprint density at radius 2 is 1.81 bits per heavy atom. The van der Waals surface area contributed by atoms with Crippen LogP contribution in [0.5, 0.6) is 0 Å². The van der Waals surface area contributed by atoms with Gasteiger partial charge < -0.3 is 4.90 Å². The largest absolute Gasteiger partial charge is 0.337 e. The Kier molecular flexibility index (Phi) is 5.30. The number of thiazole rings is 1. The van der Waals surface area contributed by atoms with Gasteiger partial charge in [-0.2, -0.15) is 5.10 Å². The number of hydrogen-bond donors (Lipinski definition) is 0. The van der Waals surface area contributed by atoms with Gasteiger partial charge in [0.1, 0.15) is 0 Å². The first-order valence-corrected chi connectivity index (χ1v) is 11.1. The zero-order valence-corrected chi connectivity index (χ0v) is 17.7. The summed E-state index contributed by atoms with van der Waals surface area (Å²) in [6, 6.07) is 14.9. The topological polar surface area (TPSA) is 81.0 Å². The molecule has 1 aliphatic rings. The molecule has 0 spiro atoms. The summed E-state index contributed by atoms with van der Waals surface area (Å²) in [4.78, 5) is 35.6. The van der Waals surface area contributed by atoms with Crippen LogP contribution in [0.15, 0.2) is 65.7 Å². The van der Waals surface area contributed by atoms with Crippen LogP contribution in [0.25, 0.3) is 21.5 Å². The van der Waals surface area contributed by atoms with Crippen LogP contribution < -0.4 is 5.56 Å². The number of hydrogen-bond acceptors (Lipinski definition) is 6. The second-order valence-electron chi connectivity index (χ2n) is 7.70. The molecular weight excluding hydrogens is 410 g/mol. The van der Waals surface area contributed by atoms with Crippen molar-refractivity contribution in [3.8, 4) is 11.3 Å². The minimum absolute atomic E-state index is 0.00498. The fraction of sp³-hybridized carbons (Fsp3) is 0.261. The molecule has 1 amide bonds. The molecule has 0 unspecified atom stereocenters. The third-order valence-electron chi connectivity index (χ3n) is 5.65. The van der Waals surface area contributed by atoms with Gasteiger partial charge in [0.15, 0.2) is 5.01 Å². The van der Waals surface area contributed by atoms with Crippen molar-refractivity contribution in [1.82, 2.24) is 24.6 Å². The molecule has 0 aliphatic carbocycles. The maximum Gasteiger partial charge on any atom is 0.282 e. The van der Waals surface area contributed by atoms with Gasteiger partial charge in [0, 0.05) is 43.7 Å². The first-order valence-electron chi connectivity index (χ1n) is 10.3. The molecule has 8 heteroatoms. The molecule has 1 aromatic carbocycles. The number of pyridine rings is 1. The number of piperidine rings is 1. The van der Waals surface area contributed by atoms with Crippen LogP contribution in [-0.2, 0) is 6.54 Å². The zero-order valence-electron chi connectivity index (χ0n) is 16.8. The second kappa shape index (κ2) is 8.39. The van der Waals surface area contributed by atoms with Crippen molar-refractivity contribution >= 4 is 27.5 Å². The van der Waals surface area contributed by atoms with E-state index in [1.165, 1.54) is 11.3 Å². The van der Waals surface area contributed by atoms with E-state index in [-0.39, 0.29) is 11.5 Å². The number of nitrogens with zero attached hydrogens (tertiary/aromatic N) is 5. The van der Waals surface area contributed by atoms with E-state index in [0.717, 1.165) is 34.3 Å². The van der Waals surface area contributed by atoms with E-state index in [0.29, 0.717) is 30.6 Å². The highest BCUT2D eigenvalue weighted by Crippen LogP contribution is 2.25. The summed E-state index contributed by atoms with van der Waals surface area (Å²) in [6.07, 6.45) is 5.10. The minimum Gasteiger partial charge on any atom is -0.337 e. The number of carbonyl (C=O) groups excluding carboxylic acids is 1. The summed E-state index contributed by atoms with van der Waals surface area (Å²) in [5.41, 5.74) is 2.45. The van der Waals surface area contributed by atoms with E-state index in [9.17, 15) is 9.59 Å². The molecule has 1 fully saturated rings. The Hall–Kier alpha value is -3.39. The van der Waals surface area contributed by atoms with E-state index in [2.05, 4.69) is 15.1 Å². The van der Waals surface area contributed by atoms with Crippen LogP contribution in [0.1, 0.15) is 22.6 Å². The van der Waals surface area contributed by atoms with E-state index < -0.39 is 0 Å². The molecule has 0 saturated carbocycles. The number of benzene rings is 1. The maximum atomic E-state index is 12.9. The van der Waals surface area contributed by atoms with E-state index in [1.54, 1.807) is 29.2 Å². The molecule has 4 aromatic rings. The fourth-order valence-electron chi connectivity index (χ4n) is 3.92. The predicted octanol–water partition coefficient (Wildman–Crippen LogP) is 3.47. The van der Waals surface area contributed by atoms with Crippen molar-refractivity contribution in [3.05, 3.63) is 76.3 Å². The van der Waals surface area contributed by atoms with Crippen molar-refractivity contribution in [2.45, 2.75) is 19.4 Å². The van der Waals surface area contributed by atoms with Crippen molar-refractivity contribution in [2.75, 3.05) is 13.1 Å². The highest BCUT2D eigenvalue weighted by molar-refractivity contribution is 7.20. The monoisotopic (exact) mass is 431 g/mol. The summed E-state index contributed by atoms with van der Waals surface area (Å²) in [6.45, 7) is 1.89. The summed E-state index contributed by atoms with van der Waals surface area (Å²) in [5.74, 6) is 0.298. The summed E-state index contributed by atoms with van der Waals surface area (Å²) < 4.78 is 2.58. The highest BCUT2D eigenvalue weighted by atomic mass is 32.1. The summed E-state index contributed by atoms with van der Waals surface area (Å²) in [5, 5.41) is 5.09. The molecule has 0 atom stereocenters. The van der Waals surface area contributed by atoms with Crippen molar-refractivity contribution in [1.29, 1.82) is 0 Å². The van der Waals surface area contributed by atoms with Gasteiger partial charge >= 0.3 is 0 Å². The smallest absolute Gasteiger partial charge is 0.282 e. The third-order valence-corrected chi connectivity index (χ3v) is 6.68. The lowest BCUT2D eigenvalue weighted by atomic mass is 9.97. The molecule has 156 valence electrons. The van der Waals surface area contributed by atoms with Gasteiger partial charge in [-0.1, -0.05) is 12.1 Å². The Morgan fingerprint density at radius 3 is 2.58 bits per heavy atom. The molecule has 3 aromatic heterocycles. The highest BCUT2D eigenvalue weighted by Gasteiger charge is 2.26. The van der Waals surface area contributed by atoms with Crippen molar-refractivity contribution < 1.29 is 4.79 Å². The number of carbonyl (C=O) groups is 1. The Labute approximate surface area is 183 Å². The average molecular weight is 432 g/mol. The molecule has 31 heavy (non-hydrogen) atoms. The molecule has 5 rings (SSSR count). The molecule has 1 aliphatic heterocycles. The van der Waals surface area contributed by atoms with Gasteiger partial charge in [0.2, 0.25) is 0 Å². The second-order valence-corrected chi connectivity index (χ2v) is 8.73. The van der Waals surface area contributed by atoms with E-state index in [1.807, 2.05) is 41.3 Å². The molecule has 0 bridgehead atoms. The van der Waals surface area contributed by atoms with Gasteiger partial charge in [-0.15, -0.1) is 11.3 Å². The Balaban J connectivity index is 1.25. The number of para-hydroxylation sites is 1. The first-order chi connectivity index (χ1) is 15.2. The number of amides is 1. The lowest BCUT2D eigenvalue weighted by Crippen LogP contribution is -2.40. The molecule has 1 saturated heterocycles. The van der Waals surface area contributed by atoms with Crippen LogP contribution >= 0.6 is 11.3 Å². The lowest BCUT2D eigenvalue weighted by Gasteiger charge is -2.31. The van der Waals surface area contributed by atoms with Gasteiger partial charge in [-0.05, 0) is 49.1 Å². The van der Waals surface area contributed by atoms with E-state index >= 15 is 0 Å². The Morgan fingerprint density at radius 1 is 1.03 bits per heavy atom. The lowest BCUT2D eigenvalue weighted by molar-refractivity contribution is 0.0680. The number of rotatable bonds is 4. The molecular formula is C23H21N5O2S. The first kappa shape index (κ1) is 19.6. The maximum absolute atomic E-state index is 12.9. The van der Waals surface area contributed by atoms with Crippen LogP contribution in [0.4, 0.5) is 0 Å². The normalized spacial score (nSPS) is 14.8. The SMILES string of the molecule is O=C(c1nc2ccccc2s1)N1CCC(Cn2nc(-c3ccncc3)ccc2=O)CC1. The van der Waals surface area contributed by atoms with Crippen LogP contribution in [0, 0.1) is 5.92 Å². The summed E-state index contributed by atoms with van der Waals surface area (Å²) in [7, 11) is 0. The van der Waals surface area contributed by atoms with Gasteiger partial charge in [0.05, 0.1) is 15.9 Å². The zero-order chi connectivity index (χ0) is 21.2. The van der Waals surface area contributed by atoms with Crippen LogP contribution in [0.2, 0.25) is 0 Å². The predicted molar refractivity (Wildman–Crippen MR) is 120 cm³/mol. The Bertz CT molecular complexity index is 1240. The average Bonchev–Trinajstić information content (AvgIpc) is 3.25. The molecule has 4 heterocycles. The van der Waals surface area contributed by atoms with E-state index in [4.69, 9.17) is 0 Å². The molecule has 7 nitrogen and oxygen atoms in total. The fourth-order valence-corrected chi connectivity index (χ4v) is 4.85. The quantitative estimate of drug-likeness (QED) is 0.494. The van der Waals surface area contributed by atoms with Gasteiger partial charge in [0.25, 0.3) is 11.5 Å². The standard InChI is InChI=1S/C23H21N5O2S/c29-21-6-5-18(17-7-11-24-12-8-17)26-28(21)15-16-9-13-27(14-10-16)23(30)22-25-19-3-1-2-4-20(19)31-22/h1-8,11-12,16H,9-10,13-15H2. The molecule has 0 radical (unpaired) electrons.